The molecule has 0 aliphatic rings. The summed E-state index contributed by atoms with van der Waals surface area (Å²) in [5, 5.41) is 7.36. The molecule has 7 nitrogen and oxygen atoms in total. The molecular formula is C20H21N3O4S. The lowest BCUT2D eigenvalue weighted by Gasteiger charge is -2.25. The smallest absolute Gasteiger partial charge is 0.313 e. The molecule has 1 aromatic carbocycles. The molecule has 2 N–H and O–H groups in total. The first-order valence-corrected chi connectivity index (χ1v) is 9.49. The molecule has 0 fully saturated rings. The van der Waals surface area contributed by atoms with Crippen LogP contribution in [0.4, 0.5) is 5.69 Å². The van der Waals surface area contributed by atoms with Gasteiger partial charge in [-0.1, -0.05) is 6.07 Å². The van der Waals surface area contributed by atoms with Crippen molar-refractivity contribution in [3.8, 4) is 17.1 Å². The number of benzene rings is 1. The molecule has 0 bridgehead atoms. The molecule has 3 aromatic rings. The van der Waals surface area contributed by atoms with E-state index in [-0.39, 0.29) is 0 Å². The van der Waals surface area contributed by atoms with Gasteiger partial charge in [-0.05, 0) is 37.4 Å². The summed E-state index contributed by atoms with van der Waals surface area (Å²) < 4.78 is 10.6. The molecule has 2 aromatic heterocycles. The summed E-state index contributed by atoms with van der Waals surface area (Å²) >= 11 is 1.61. The first kappa shape index (κ1) is 19.6. The van der Waals surface area contributed by atoms with E-state index in [1.165, 1.54) is 13.5 Å². The topological polar surface area (TPSA) is 93.5 Å². The van der Waals surface area contributed by atoms with E-state index in [1.807, 2.05) is 31.4 Å². The van der Waals surface area contributed by atoms with Crippen molar-refractivity contribution >= 4 is 28.8 Å². The van der Waals surface area contributed by atoms with E-state index in [4.69, 9.17) is 9.15 Å². The van der Waals surface area contributed by atoms with Gasteiger partial charge in [0.15, 0.2) is 12.2 Å². The lowest BCUT2D eigenvalue weighted by atomic mass is 9.99. The second-order valence-electron chi connectivity index (χ2n) is 6.83. The highest BCUT2D eigenvalue weighted by Crippen LogP contribution is 2.32. The number of nitrogens with zero attached hydrogens (tertiary/aromatic N) is 1. The fourth-order valence-corrected chi connectivity index (χ4v) is 3.70. The summed E-state index contributed by atoms with van der Waals surface area (Å²) in [5.74, 6) is -0.399. The molecule has 0 aliphatic carbocycles. The maximum absolute atomic E-state index is 12.3. The van der Waals surface area contributed by atoms with Gasteiger partial charge in [0.1, 0.15) is 5.75 Å². The monoisotopic (exact) mass is 399 g/mol. The van der Waals surface area contributed by atoms with Crippen LogP contribution in [0.1, 0.15) is 18.7 Å². The number of anilines is 1. The number of methoxy groups -OCH3 is 1. The van der Waals surface area contributed by atoms with Gasteiger partial charge in [-0.3, -0.25) is 9.59 Å². The molecule has 0 atom stereocenters. The van der Waals surface area contributed by atoms with Crippen LogP contribution in [0.2, 0.25) is 0 Å². The molecule has 146 valence electrons. The van der Waals surface area contributed by atoms with Gasteiger partial charge in [0.2, 0.25) is 0 Å². The van der Waals surface area contributed by atoms with E-state index in [9.17, 15) is 9.59 Å². The highest BCUT2D eigenvalue weighted by atomic mass is 32.1. The minimum Gasteiger partial charge on any atom is -0.496 e. The predicted molar refractivity (Wildman–Crippen MR) is 107 cm³/mol. The molecule has 3 rings (SSSR count). The Kier molecular flexibility index (Phi) is 5.79. The number of thiophene rings is 1. The van der Waals surface area contributed by atoms with Crippen molar-refractivity contribution < 1.29 is 18.7 Å². The number of nitrogens with one attached hydrogen (secondary N) is 2. The lowest BCUT2D eigenvalue weighted by molar-refractivity contribution is -0.137. The summed E-state index contributed by atoms with van der Waals surface area (Å²) in [5.41, 5.74) is 0.587. The van der Waals surface area contributed by atoms with Gasteiger partial charge in [-0.15, -0.1) is 11.3 Å². The zero-order chi connectivity index (χ0) is 20.1. The van der Waals surface area contributed by atoms with Crippen LogP contribution in [0.3, 0.4) is 0 Å². The summed E-state index contributed by atoms with van der Waals surface area (Å²) in [4.78, 5) is 29.7. The van der Waals surface area contributed by atoms with Crippen LogP contribution in [0.5, 0.6) is 5.75 Å². The molecule has 0 saturated heterocycles. The number of amides is 2. The van der Waals surface area contributed by atoms with Gasteiger partial charge < -0.3 is 19.8 Å². The van der Waals surface area contributed by atoms with Crippen LogP contribution >= 0.6 is 11.3 Å². The minimum absolute atomic E-state index is 0.441. The Labute approximate surface area is 166 Å². The minimum atomic E-state index is -0.742. The van der Waals surface area contributed by atoms with Crippen molar-refractivity contribution in [1.29, 1.82) is 0 Å². The maximum Gasteiger partial charge on any atom is 0.313 e. The molecule has 0 aliphatic heterocycles. The average molecular weight is 399 g/mol. The van der Waals surface area contributed by atoms with Gasteiger partial charge in [0, 0.05) is 28.6 Å². The van der Waals surface area contributed by atoms with Crippen LogP contribution in [0.15, 0.2) is 52.7 Å². The molecule has 0 unspecified atom stereocenters. The molecule has 2 amide bonds. The second-order valence-corrected chi connectivity index (χ2v) is 7.86. The molecule has 28 heavy (non-hydrogen) atoms. The summed E-state index contributed by atoms with van der Waals surface area (Å²) in [6.07, 6.45) is 3.54. The lowest BCUT2D eigenvalue weighted by Crippen LogP contribution is -2.49. The van der Waals surface area contributed by atoms with Gasteiger partial charge in [-0.2, -0.15) is 0 Å². The normalized spacial score (nSPS) is 11.1. The number of carbonyl (C=O) groups is 2. The first-order valence-electron chi connectivity index (χ1n) is 8.61. The molecule has 8 heteroatoms. The summed E-state index contributed by atoms with van der Waals surface area (Å²) in [6.45, 7) is 3.76. The predicted octanol–water partition coefficient (Wildman–Crippen LogP) is 3.49. The summed E-state index contributed by atoms with van der Waals surface area (Å²) in [6, 6.07) is 8.98. The van der Waals surface area contributed by atoms with Crippen LogP contribution in [0, 0.1) is 0 Å². The van der Waals surface area contributed by atoms with Crippen LogP contribution in [0.25, 0.3) is 11.3 Å². The van der Waals surface area contributed by atoms with Crippen molar-refractivity contribution in [2.45, 2.75) is 25.8 Å². The third-order valence-corrected chi connectivity index (χ3v) is 4.89. The van der Waals surface area contributed by atoms with Gasteiger partial charge in [0.25, 0.3) is 0 Å². The van der Waals surface area contributed by atoms with E-state index < -0.39 is 17.4 Å². The van der Waals surface area contributed by atoms with Gasteiger partial charge >= 0.3 is 11.8 Å². The van der Waals surface area contributed by atoms with E-state index >= 15 is 0 Å². The highest BCUT2D eigenvalue weighted by molar-refractivity contribution is 7.09. The fraction of sp³-hybridized carbons (Fsp3) is 0.250. The highest BCUT2D eigenvalue weighted by Gasteiger charge is 2.25. The van der Waals surface area contributed by atoms with Crippen molar-refractivity contribution in [2.75, 3.05) is 12.4 Å². The quantitative estimate of drug-likeness (QED) is 0.619. The second kappa shape index (κ2) is 8.26. The largest absolute Gasteiger partial charge is 0.496 e. The van der Waals surface area contributed by atoms with E-state index in [0.717, 1.165) is 4.88 Å². The SMILES string of the molecule is COc1cc(NC(=O)C(=O)NC(C)(C)Cc2cccs2)ccc1-c1cnco1. The molecule has 0 saturated carbocycles. The molecule has 0 spiro atoms. The molecule has 0 radical (unpaired) electrons. The van der Waals surface area contributed by atoms with Crippen LogP contribution in [-0.4, -0.2) is 29.4 Å². The van der Waals surface area contributed by atoms with Crippen molar-refractivity contribution in [3.63, 3.8) is 0 Å². The Hall–Kier alpha value is -3.13. The Morgan fingerprint density at radius 2 is 2.07 bits per heavy atom. The number of ether oxygens (including phenoxy) is 1. The summed E-state index contributed by atoms with van der Waals surface area (Å²) in [7, 11) is 1.51. The van der Waals surface area contributed by atoms with Gasteiger partial charge in [0.05, 0.1) is 18.9 Å². The van der Waals surface area contributed by atoms with E-state index in [0.29, 0.717) is 29.2 Å². The number of carbonyl (C=O) groups excluding carboxylic acids is 2. The van der Waals surface area contributed by atoms with E-state index in [1.54, 1.807) is 35.7 Å². The van der Waals surface area contributed by atoms with Gasteiger partial charge in [-0.25, -0.2) is 4.98 Å². The molecular weight excluding hydrogens is 378 g/mol. The first-order chi connectivity index (χ1) is 13.4. The van der Waals surface area contributed by atoms with Crippen molar-refractivity contribution in [2.24, 2.45) is 0 Å². The standard InChI is InChI=1S/C20H21N3O4S/c1-20(2,10-14-5-4-8-28-14)23-19(25)18(24)22-13-6-7-15(16(9-13)26-3)17-11-21-12-27-17/h4-9,11-12H,10H2,1-3H3,(H,22,24)(H,23,25). The third kappa shape index (κ3) is 4.77. The number of oxazole rings is 1. The fourth-order valence-electron chi connectivity index (χ4n) is 2.77. The Balaban J connectivity index is 1.66. The zero-order valence-electron chi connectivity index (χ0n) is 15.8. The Morgan fingerprint density at radius 3 is 2.71 bits per heavy atom. The van der Waals surface area contributed by atoms with Crippen molar-refractivity contribution in [3.05, 3.63) is 53.2 Å². The maximum atomic E-state index is 12.3. The zero-order valence-corrected chi connectivity index (χ0v) is 16.6. The van der Waals surface area contributed by atoms with Crippen LogP contribution in [-0.2, 0) is 16.0 Å². The number of rotatable bonds is 6. The number of hydrogen-bond donors (Lipinski definition) is 2. The Morgan fingerprint density at radius 1 is 1.25 bits per heavy atom. The average Bonchev–Trinajstić information content (AvgIpc) is 3.34. The molecule has 2 heterocycles. The van der Waals surface area contributed by atoms with Crippen LogP contribution < -0.4 is 15.4 Å². The van der Waals surface area contributed by atoms with E-state index in [2.05, 4.69) is 15.6 Å². The van der Waals surface area contributed by atoms with Crippen molar-refractivity contribution in [1.82, 2.24) is 10.3 Å². The Bertz CT molecular complexity index is 950. The third-order valence-electron chi connectivity index (χ3n) is 4.01. The number of hydrogen-bond acceptors (Lipinski definition) is 6. The number of aromatic nitrogens is 1.